The Hall–Kier alpha value is -0.720. The van der Waals surface area contributed by atoms with Crippen LogP contribution >= 0.6 is 0 Å². The third kappa shape index (κ3) is 5.42. The molecule has 0 amide bonds. The molecule has 0 bridgehead atoms. The summed E-state index contributed by atoms with van der Waals surface area (Å²) in [4.78, 5) is 0. The summed E-state index contributed by atoms with van der Waals surface area (Å²) in [6, 6.07) is 0. The zero-order valence-electron chi connectivity index (χ0n) is 7.00. The van der Waals surface area contributed by atoms with Crippen molar-refractivity contribution in [2.45, 2.75) is 33.3 Å². The third-order valence-corrected chi connectivity index (χ3v) is 1.15. The molecule has 0 aliphatic heterocycles. The molecule has 1 heteroatoms. The topological polar surface area (TPSA) is 9.23 Å². The molecule has 0 aromatic carbocycles. The monoisotopic (exact) mass is 140 g/mol. The van der Waals surface area contributed by atoms with Gasteiger partial charge in [0.05, 0.1) is 12.4 Å². The summed E-state index contributed by atoms with van der Waals surface area (Å²) in [5.41, 5.74) is 0. The molecule has 1 nitrogen and oxygen atoms in total. The quantitative estimate of drug-likeness (QED) is 0.431. The zero-order valence-corrected chi connectivity index (χ0v) is 7.00. The van der Waals surface area contributed by atoms with Crippen LogP contribution < -0.4 is 0 Å². The van der Waals surface area contributed by atoms with Crippen molar-refractivity contribution in [2.75, 3.05) is 0 Å². The minimum atomic E-state index is 0.299. The molecule has 0 aliphatic carbocycles. The molecule has 58 valence electrons. The first-order chi connectivity index (χ1) is 4.81. The van der Waals surface area contributed by atoms with Gasteiger partial charge in [-0.3, -0.25) is 0 Å². The lowest BCUT2D eigenvalue weighted by Crippen LogP contribution is -2.00. The number of hydrogen-bond donors (Lipinski definition) is 0. The van der Waals surface area contributed by atoms with Crippen molar-refractivity contribution in [1.82, 2.24) is 0 Å². The first-order valence-electron chi connectivity index (χ1n) is 3.69. The molecule has 0 aromatic heterocycles. The van der Waals surface area contributed by atoms with Gasteiger partial charge >= 0.3 is 0 Å². The van der Waals surface area contributed by atoms with Crippen molar-refractivity contribution < 1.29 is 4.74 Å². The lowest BCUT2D eigenvalue weighted by Gasteiger charge is -2.06. The summed E-state index contributed by atoms with van der Waals surface area (Å²) >= 11 is 0. The van der Waals surface area contributed by atoms with Crippen molar-refractivity contribution in [2.24, 2.45) is 0 Å². The van der Waals surface area contributed by atoms with Crippen molar-refractivity contribution in [3.63, 3.8) is 0 Å². The lowest BCUT2D eigenvalue weighted by molar-refractivity contribution is 0.164. The maximum atomic E-state index is 5.26. The second-order valence-corrected chi connectivity index (χ2v) is 2.22. The van der Waals surface area contributed by atoms with Crippen molar-refractivity contribution >= 4 is 0 Å². The molecule has 0 heterocycles. The summed E-state index contributed by atoms with van der Waals surface area (Å²) in [6.45, 7) is 6.02. The highest BCUT2D eigenvalue weighted by atomic mass is 16.5. The fourth-order valence-corrected chi connectivity index (χ4v) is 0.596. The van der Waals surface area contributed by atoms with Gasteiger partial charge < -0.3 is 4.74 Å². The normalized spacial score (nSPS) is 14.7. The van der Waals surface area contributed by atoms with E-state index in [1.54, 1.807) is 6.26 Å². The van der Waals surface area contributed by atoms with Crippen molar-refractivity contribution in [1.29, 1.82) is 0 Å². The third-order valence-electron chi connectivity index (χ3n) is 1.15. The van der Waals surface area contributed by atoms with Gasteiger partial charge in [0.1, 0.15) is 0 Å². The molecule has 0 radical (unpaired) electrons. The number of rotatable bonds is 4. The van der Waals surface area contributed by atoms with Crippen LogP contribution in [0.3, 0.4) is 0 Å². The van der Waals surface area contributed by atoms with Crippen LogP contribution in [0.15, 0.2) is 24.5 Å². The maximum Gasteiger partial charge on any atom is 0.0984 e. The van der Waals surface area contributed by atoms with Gasteiger partial charge in [0, 0.05) is 6.42 Å². The van der Waals surface area contributed by atoms with Crippen LogP contribution in [0.2, 0.25) is 0 Å². The number of allylic oxidation sites excluding steroid dienone is 2. The Bertz CT molecular complexity index is 99.9. The molecule has 0 saturated carbocycles. The zero-order chi connectivity index (χ0) is 7.82. The highest BCUT2D eigenvalue weighted by molar-refractivity contribution is 4.80. The summed E-state index contributed by atoms with van der Waals surface area (Å²) in [5, 5.41) is 0. The van der Waals surface area contributed by atoms with Crippen LogP contribution in [-0.4, -0.2) is 6.10 Å². The Kier molecular flexibility index (Phi) is 5.94. The van der Waals surface area contributed by atoms with E-state index in [-0.39, 0.29) is 0 Å². The molecule has 1 atom stereocenters. The first-order valence-corrected chi connectivity index (χ1v) is 3.69. The van der Waals surface area contributed by atoms with E-state index in [0.717, 1.165) is 6.42 Å². The van der Waals surface area contributed by atoms with E-state index in [1.807, 2.05) is 26.0 Å². The fraction of sp³-hybridized carbons (Fsp3) is 0.556. The Morgan fingerprint density at radius 1 is 1.30 bits per heavy atom. The Morgan fingerprint density at radius 3 is 2.50 bits per heavy atom. The van der Waals surface area contributed by atoms with E-state index in [9.17, 15) is 0 Å². The van der Waals surface area contributed by atoms with Crippen molar-refractivity contribution in [3.05, 3.63) is 24.5 Å². The van der Waals surface area contributed by atoms with Gasteiger partial charge in [-0.15, -0.1) is 0 Å². The Labute approximate surface area is 63.4 Å². The largest absolute Gasteiger partial charge is 0.498 e. The molecular formula is C9H16O. The van der Waals surface area contributed by atoms with E-state index in [0.29, 0.717) is 6.10 Å². The molecule has 0 fully saturated rings. The van der Waals surface area contributed by atoms with Crippen LogP contribution in [-0.2, 0) is 4.74 Å². The first kappa shape index (κ1) is 9.28. The minimum absolute atomic E-state index is 0.299. The molecule has 0 rings (SSSR count). The van der Waals surface area contributed by atoms with E-state index in [4.69, 9.17) is 4.74 Å². The van der Waals surface area contributed by atoms with Crippen molar-refractivity contribution in [3.8, 4) is 0 Å². The second-order valence-electron chi connectivity index (χ2n) is 2.22. The molecule has 1 unspecified atom stereocenters. The van der Waals surface area contributed by atoms with Crippen LogP contribution in [0.5, 0.6) is 0 Å². The highest BCUT2D eigenvalue weighted by Crippen LogP contribution is 1.98. The fourth-order valence-electron chi connectivity index (χ4n) is 0.596. The maximum absolute atomic E-state index is 5.26. The van der Waals surface area contributed by atoms with E-state index < -0.39 is 0 Å². The Morgan fingerprint density at radius 2 is 2.00 bits per heavy atom. The molecule has 0 N–H and O–H groups in total. The van der Waals surface area contributed by atoms with Gasteiger partial charge in [0.15, 0.2) is 0 Å². The molecule has 0 spiro atoms. The van der Waals surface area contributed by atoms with Gasteiger partial charge in [-0.1, -0.05) is 18.2 Å². The summed E-state index contributed by atoms with van der Waals surface area (Å²) < 4.78 is 5.26. The van der Waals surface area contributed by atoms with Gasteiger partial charge in [-0.25, -0.2) is 0 Å². The molecule has 0 saturated heterocycles. The van der Waals surface area contributed by atoms with Gasteiger partial charge in [0.2, 0.25) is 0 Å². The van der Waals surface area contributed by atoms with Crippen LogP contribution in [0, 0.1) is 0 Å². The summed E-state index contributed by atoms with van der Waals surface area (Å²) in [6.07, 6.45) is 9.05. The molecule has 10 heavy (non-hydrogen) atoms. The van der Waals surface area contributed by atoms with E-state index in [1.165, 1.54) is 0 Å². The van der Waals surface area contributed by atoms with Crippen LogP contribution in [0.25, 0.3) is 0 Å². The van der Waals surface area contributed by atoms with Gasteiger partial charge in [-0.2, -0.15) is 0 Å². The second kappa shape index (κ2) is 6.40. The molecule has 0 aliphatic rings. The Balaban J connectivity index is 3.33. The highest BCUT2D eigenvalue weighted by Gasteiger charge is 1.93. The van der Waals surface area contributed by atoms with E-state index >= 15 is 0 Å². The molecular weight excluding hydrogens is 124 g/mol. The van der Waals surface area contributed by atoms with Gasteiger partial charge in [-0.05, 0) is 20.8 Å². The number of ether oxygens (including phenoxy) is 1. The van der Waals surface area contributed by atoms with Crippen LogP contribution in [0.1, 0.15) is 27.2 Å². The average Bonchev–Trinajstić information content (AvgIpc) is 1.97. The van der Waals surface area contributed by atoms with E-state index in [2.05, 4.69) is 13.0 Å². The van der Waals surface area contributed by atoms with Gasteiger partial charge in [0.25, 0.3) is 0 Å². The minimum Gasteiger partial charge on any atom is -0.498 e. The molecule has 0 aromatic rings. The van der Waals surface area contributed by atoms with Crippen LogP contribution in [0.4, 0.5) is 0 Å². The lowest BCUT2D eigenvalue weighted by atomic mass is 10.3. The predicted molar refractivity (Wildman–Crippen MR) is 44.8 cm³/mol. The standard InChI is InChI=1S/C9H16O/c1-4-6-7-9(3)10-8-5-2/h4-6,8-9H,7H2,1-3H3/b6-4+,8-5+. The SMILES string of the molecule is C/C=C/CC(C)O/C=C/C. The number of hydrogen-bond acceptors (Lipinski definition) is 1. The average molecular weight is 140 g/mol. The smallest absolute Gasteiger partial charge is 0.0984 e. The summed E-state index contributed by atoms with van der Waals surface area (Å²) in [5.74, 6) is 0. The summed E-state index contributed by atoms with van der Waals surface area (Å²) in [7, 11) is 0. The predicted octanol–water partition coefficient (Wildman–Crippen LogP) is 2.89.